The predicted molar refractivity (Wildman–Crippen MR) is 84.9 cm³/mol. The molecular weight excluding hydrogens is 357 g/mol. The number of hydrogen-bond acceptors (Lipinski definition) is 3. The van der Waals surface area contributed by atoms with Crippen LogP contribution in [-0.2, 0) is 15.8 Å². The number of ketones is 1. The Hall–Kier alpha value is -2.85. The number of carbonyl (C=O) groups excluding carboxylic acids is 2. The topological polar surface area (TPSA) is 70.0 Å². The van der Waals surface area contributed by atoms with Crippen molar-refractivity contribution in [3.8, 4) is 6.07 Å². The Labute approximate surface area is 145 Å². The zero-order valence-corrected chi connectivity index (χ0v) is 13.2. The van der Waals surface area contributed by atoms with Crippen molar-refractivity contribution in [3.05, 3.63) is 64.7 Å². The number of nitrogens with one attached hydrogen (secondary N) is 1. The second-order valence-electron chi connectivity index (χ2n) is 4.98. The van der Waals surface area contributed by atoms with E-state index >= 15 is 0 Å². The molecule has 2 aromatic carbocycles. The van der Waals surface area contributed by atoms with Crippen molar-refractivity contribution >= 4 is 29.0 Å². The van der Waals surface area contributed by atoms with Crippen LogP contribution in [0.15, 0.2) is 48.5 Å². The molecule has 128 valence electrons. The zero-order valence-electron chi connectivity index (χ0n) is 12.5. The average molecular weight is 367 g/mol. The lowest BCUT2D eigenvalue weighted by molar-refractivity contribution is -0.137. The predicted octanol–water partition coefficient (Wildman–Crippen LogP) is 4.17. The molecule has 0 aliphatic carbocycles. The number of halogens is 4. The van der Waals surface area contributed by atoms with Crippen molar-refractivity contribution in [1.29, 1.82) is 5.26 Å². The van der Waals surface area contributed by atoms with E-state index in [9.17, 15) is 22.8 Å². The highest BCUT2D eigenvalue weighted by Crippen LogP contribution is 2.34. The molecule has 0 aromatic heterocycles. The molecule has 0 heterocycles. The van der Waals surface area contributed by atoms with Gasteiger partial charge in [-0.3, -0.25) is 9.59 Å². The molecule has 0 aliphatic rings. The SMILES string of the molecule is N#CC(C(=O)C(=O)Nc1ccccc1C(F)(F)F)c1ccc(Cl)cc1. The van der Waals surface area contributed by atoms with E-state index in [0.717, 1.165) is 18.2 Å². The summed E-state index contributed by atoms with van der Waals surface area (Å²) in [5.41, 5.74) is -1.42. The molecule has 2 rings (SSSR count). The summed E-state index contributed by atoms with van der Waals surface area (Å²) in [6.07, 6.45) is -4.70. The highest BCUT2D eigenvalue weighted by atomic mass is 35.5. The number of para-hydroxylation sites is 1. The van der Waals surface area contributed by atoms with E-state index in [1.54, 1.807) is 6.07 Å². The molecule has 1 atom stereocenters. The number of nitrogens with zero attached hydrogens (tertiary/aromatic N) is 1. The Morgan fingerprint density at radius 1 is 1.08 bits per heavy atom. The maximum absolute atomic E-state index is 12.9. The number of alkyl halides is 3. The standard InChI is InChI=1S/C17H10ClF3N2O2/c18-11-7-5-10(6-8-11)12(9-22)15(24)16(25)23-14-4-2-1-3-13(14)17(19,20)21/h1-8,12H,(H,23,25). The Balaban J connectivity index is 2.25. The van der Waals surface area contributed by atoms with Crippen LogP contribution >= 0.6 is 11.6 Å². The molecule has 0 saturated carbocycles. The summed E-state index contributed by atoms with van der Waals surface area (Å²) >= 11 is 5.72. The minimum atomic E-state index is -4.70. The van der Waals surface area contributed by atoms with Gasteiger partial charge >= 0.3 is 6.18 Å². The van der Waals surface area contributed by atoms with E-state index in [-0.39, 0.29) is 5.56 Å². The largest absolute Gasteiger partial charge is 0.418 e. The molecule has 0 spiro atoms. The molecule has 1 amide bonds. The van der Waals surface area contributed by atoms with Crippen molar-refractivity contribution in [2.75, 3.05) is 5.32 Å². The number of amides is 1. The maximum atomic E-state index is 12.9. The number of anilines is 1. The quantitative estimate of drug-likeness (QED) is 0.825. The van der Waals surface area contributed by atoms with Crippen LogP contribution in [0.5, 0.6) is 0 Å². The molecule has 0 saturated heterocycles. The highest BCUT2D eigenvalue weighted by Gasteiger charge is 2.35. The van der Waals surface area contributed by atoms with Crippen LogP contribution in [0.1, 0.15) is 17.0 Å². The number of rotatable bonds is 4. The van der Waals surface area contributed by atoms with Crippen LogP contribution in [0.3, 0.4) is 0 Å². The molecule has 0 radical (unpaired) electrons. The lowest BCUT2D eigenvalue weighted by Gasteiger charge is -2.14. The van der Waals surface area contributed by atoms with Crippen LogP contribution < -0.4 is 5.32 Å². The smallest absolute Gasteiger partial charge is 0.319 e. The van der Waals surface area contributed by atoms with Gasteiger partial charge in [-0.1, -0.05) is 35.9 Å². The minimum Gasteiger partial charge on any atom is -0.319 e. The number of nitriles is 1. The van der Waals surface area contributed by atoms with Gasteiger partial charge in [-0.2, -0.15) is 18.4 Å². The summed E-state index contributed by atoms with van der Waals surface area (Å²) in [6.45, 7) is 0. The third-order valence-electron chi connectivity index (χ3n) is 3.30. The van der Waals surface area contributed by atoms with Crippen molar-refractivity contribution in [2.45, 2.75) is 12.1 Å². The third-order valence-corrected chi connectivity index (χ3v) is 3.55. The monoisotopic (exact) mass is 366 g/mol. The second-order valence-corrected chi connectivity index (χ2v) is 5.41. The van der Waals surface area contributed by atoms with Gasteiger partial charge in [-0.05, 0) is 29.8 Å². The molecule has 0 aliphatic heterocycles. The summed E-state index contributed by atoms with van der Waals surface area (Å²) in [5.74, 6) is -3.92. The average Bonchev–Trinajstić information content (AvgIpc) is 2.56. The molecule has 0 bridgehead atoms. The Bertz CT molecular complexity index is 842. The molecule has 0 fully saturated rings. The third kappa shape index (κ3) is 4.37. The molecule has 8 heteroatoms. The van der Waals surface area contributed by atoms with Gasteiger partial charge in [0.1, 0.15) is 5.92 Å². The van der Waals surface area contributed by atoms with E-state index in [2.05, 4.69) is 0 Å². The highest BCUT2D eigenvalue weighted by molar-refractivity contribution is 6.43. The normalized spacial score (nSPS) is 12.1. The van der Waals surface area contributed by atoms with Gasteiger partial charge < -0.3 is 5.32 Å². The summed E-state index contributed by atoms with van der Waals surface area (Å²) in [6, 6.07) is 11.6. The second kappa shape index (κ2) is 7.36. The zero-order chi connectivity index (χ0) is 18.6. The lowest BCUT2D eigenvalue weighted by atomic mass is 9.95. The molecule has 1 unspecified atom stereocenters. The van der Waals surface area contributed by atoms with Gasteiger partial charge in [0.2, 0.25) is 5.78 Å². The first-order valence-corrected chi connectivity index (χ1v) is 7.28. The van der Waals surface area contributed by atoms with Crippen LogP contribution in [0.4, 0.5) is 18.9 Å². The van der Waals surface area contributed by atoms with Gasteiger partial charge in [0.15, 0.2) is 0 Å². The summed E-state index contributed by atoms with van der Waals surface area (Å²) < 4.78 is 38.8. The Kier molecular flexibility index (Phi) is 5.45. The molecule has 4 nitrogen and oxygen atoms in total. The fourth-order valence-corrected chi connectivity index (χ4v) is 2.22. The van der Waals surface area contributed by atoms with Crippen LogP contribution in [0.25, 0.3) is 0 Å². The van der Waals surface area contributed by atoms with Crippen molar-refractivity contribution < 1.29 is 22.8 Å². The number of Topliss-reactive ketones (excluding diaryl/α,β-unsaturated/α-hetero) is 1. The maximum Gasteiger partial charge on any atom is 0.418 e. The lowest BCUT2D eigenvalue weighted by Crippen LogP contribution is -2.28. The molecule has 25 heavy (non-hydrogen) atoms. The van der Waals surface area contributed by atoms with Gasteiger partial charge in [-0.25, -0.2) is 0 Å². The van der Waals surface area contributed by atoms with E-state index in [1.807, 2.05) is 5.32 Å². The molecule has 1 N–H and O–H groups in total. The van der Waals surface area contributed by atoms with E-state index in [4.69, 9.17) is 16.9 Å². The van der Waals surface area contributed by atoms with E-state index < -0.39 is 35.0 Å². The fraction of sp³-hybridized carbons (Fsp3) is 0.118. The minimum absolute atomic E-state index is 0.219. The van der Waals surface area contributed by atoms with Gasteiger partial charge in [0.05, 0.1) is 17.3 Å². The molecular formula is C17H10ClF3N2O2. The summed E-state index contributed by atoms with van der Waals surface area (Å²) in [5, 5.41) is 11.5. The summed E-state index contributed by atoms with van der Waals surface area (Å²) in [7, 11) is 0. The first kappa shape index (κ1) is 18.5. The first-order chi connectivity index (χ1) is 11.7. The number of carbonyl (C=O) groups is 2. The number of benzene rings is 2. The summed E-state index contributed by atoms with van der Waals surface area (Å²) in [4.78, 5) is 24.2. The molecule has 2 aromatic rings. The van der Waals surface area contributed by atoms with Crippen LogP contribution in [-0.4, -0.2) is 11.7 Å². The van der Waals surface area contributed by atoms with Crippen molar-refractivity contribution in [3.63, 3.8) is 0 Å². The van der Waals surface area contributed by atoms with E-state index in [1.165, 1.54) is 30.3 Å². The van der Waals surface area contributed by atoms with Crippen LogP contribution in [0, 0.1) is 11.3 Å². The van der Waals surface area contributed by atoms with Crippen molar-refractivity contribution in [1.82, 2.24) is 0 Å². The number of hydrogen-bond donors (Lipinski definition) is 1. The van der Waals surface area contributed by atoms with Gasteiger partial charge in [-0.15, -0.1) is 0 Å². The van der Waals surface area contributed by atoms with Gasteiger partial charge in [0, 0.05) is 5.02 Å². The fourth-order valence-electron chi connectivity index (χ4n) is 2.09. The van der Waals surface area contributed by atoms with Crippen LogP contribution in [0.2, 0.25) is 5.02 Å². The Morgan fingerprint density at radius 3 is 2.24 bits per heavy atom. The van der Waals surface area contributed by atoms with E-state index in [0.29, 0.717) is 5.02 Å². The van der Waals surface area contributed by atoms with Gasteiger partial charge in [0.25, 0.3) is 5.91 Å². The van der Waals surface area contributed by atoms with Crippen molar-refractivity contribution in [2.24, 2.45) is 0 Å². The Morgan fingerprint density at radius 2 is 1.68 bits per heavy atom. The first-order valence-electron chi connectivity index (χ1n) is 6.90.